The number of halogens is 1. The summed E-state index contributed by atoms with van der Waals surface area (Å²) in [4.78, 5) is 47.4. The zero-order chi connectivity index (χ0) is 19.7. The normalized spacial score (nSPS) is 18.5. The average Bonchev–Trinajstić information content (AvgIpc) is 2.80. The van der Waals surface area contributed by atoms with Crippen molar-refractivity contribution in [3.05, 3.63) is 0 Å². The molecule has 1 fully saturated rings. The molecule has 1 aliphatic heterocycles. The van der Waals surface area contributed by atoms with Crippen molar-refractivity contribution in [3.63, 3.8) is 0 Å². The fourth-order valence-electron chi connectivity index (χ4n) is 2.33. The maximum absolute atomic E-state index is 11.7. The van der Waals surface area contributed by atoms with Gasteiger partial charge in [0.1, 0.15) is 6.04 Å². The van der Waals surface area contributed by atoms with Crippen molar-refractivity contribution in [1.82, 2.24) is 10.2 Å². The lowest BCUT2D eigenvalue weighted by Crippen LogP contribution is -2.47. The number of nitrogens with zero attached hydrogens (tertiary/aromatic N) is 1. The maximum Gasteiger partial charge on any atom is 0.242 e. The number of nitrogens with one attached hydrogen (secondary N) is 1. The summed E-state index contributed by atoms with van der Waals surface area (Å²) < 4.78 is 10.3. The van der Waals surface area contributed by atoms with Crippen molar-refractivity contribution >= 4 is 46.2 Å². The van der Waals surface area contributed by atoms with Crippen LogP contribution in [0.5, 0.6) is 0 Å². The minimum Gasteiger partial charge on any atom is -0.379 e. The van der Waals surface area contributed by atoms with E-state index in [9.17, 15) is 19.2 Å². The second kappa shape index (κ2) is 11.4. The molecule has 0 spiro atoms. The van der Waals surface area contributed by atoms with Crippen LogP contribution in [0.15, 0.2) is 0 Å². The zero-order valence-electron chi connectivity index (χ0n) is 15.0. The lowest BCUT2D eigenvalue weighted by molar-refractivity contribution is -0.139. The molecule has 1 rings (SSSR count). The molecule has 148 valence electrons. The van der Waals surface area contributed by atoms with E-state index < -0.39 is 11.9 Å². The number of carbonyl (C=O) groups is 4. The van der Waals surface area contributed by atoms with E-state index in [-0.39, 0.29) is 66.8 Å². The Labute approximate surface area is 166 Å². The fraction of sp³-hybridized carbons (Fsp3) is 0.750. The van der Waals surface area contributed by atoms with Gasteiger partial charge >= 0.3 is 0 Å². The molecule has 0 aromatic rings. The van der Waals surface area contributed by atoms with E-state index in [4.69, 9.17) is 15.2 Å². The van der Waals surface area contributed by atoms with Crippen LogP contribution < -0.4 is 11.1 Å². The molecule has 0 saturated carbocycles. The van der Waals surface area contributed by atoms with Crippen molar-refractivity contribution in [2.24, 2.45) is 11.7 Å². The van der Waals surface area contributed by atoms with E-state index >= 15 is 0 Å². The number of carbonyl (C=O) groups excluding carboxylic acids is 4. The first-order valence-corrected chi connectivity index (χ1v) is 9.71. The number of hydrogen-bond acceptors (Lipinski definition) is 6. The number of alkyl halides is 1. The summed E-state index contributed by atoms with van der Waals surface area (Å²) in [6.07, 6.45) is 0.363. The second-order valence-electron chi connectivity index (χ2n) is 6.22. The molecule has 4 amide bonds. The van der Waals surface area contributed by atoms with Gasteiger partial charge in [0.05, 0.1) is 36.9 Å². The van der Waals surface area contributed by atoms with Crippen LogP contribution in [0.2, 0.25) is 0 Å². The van der Waals surface area contributed by atoms with Crippen LogP contribution in [0, 0.1) is 5.92 Å². The third-order valence-electron chi connectivity index (χ3n) is 3.78. The van der Waals surface area contributed by atoms with Gasteiger partial charge in [0.15, 0.2) is 0 Å². The van der Waals surface area contributed by atoms with Crippen molar-refractivity contribution < 1.29 is 28.7 Å². The van der Waals surface area contributed by atoms with Crippen LogP contribution in [0.1, 0.15) is 26.7 Å². The highest BCUT2D eigenvalue weighted by molar-refractivity contribution is 14.1. The van der Waals surface area contributed by atoms with Gasteiger partial charge in [0.25, 0.3) is 0 Å². The topological polar surface area (TPSA) is 128 Å². The van der Waals surface area contributed by atoms with Gasteiger partial charge in [0, 0.05) is 12.8 Å². The Hall–Kier alpha value is -1.27. The molecule has 1 heterocycles. The summed E-state index contributed by atoms with van der Waals surface area (Å²) in [6, 6.07) is -0.691. The number of nitrogens with two attached hydrogens (primary N) is 1. The number of likely N-dealkylation sites (tertiary alicyclic amines) is 1. The highest BCUT2D eigenvalue weighted by atomic mass is 127. The number of amides is 4. The van der Waals surface area contributed by atoms with Gasteiger partial charge in [-0.1, -0.05) is 36.4 Å². The summed E-state index contributed by atoms with van der Waals surface area (Å²) >= 11 is 1.96. The number of hydrogen-bond donors (Lipinski definition) is 2. The number of ether oxygens (including phenoxy) is 2. The van der Waals surface area contributed by atoms with Crippen LogP contribution in [-0.4, -0.2) is 71.5 Å². The van der Waals surface area contributed by atoms with Gasteiger partial charge in [-0.15, -0.1) is 0 Å². The van der Waals surface area contributed by atoms with Gasteiger partial charge < -0.3 is 20.5 Å². The second-order valence-corrected chi connectivity index (χ2v) is 7.73. The minimum absolute atomic E-state index is 0.0809. The average molecular weight is 483 g/mol. The van der Waals surface area contributed by atoms with E-state index in [1.165, 1.54) is 4.90 Å². The van der Waals surface area contributed by atoms with Gasteiger partial charge in [-0.3, -0.25) is 24.1 Å². The molecular weight excluding hydrogens is 457 g/mol. The van der Waals surface area contributed by atoms with Crippen LogP contribution in [-0.2, 0) is 28.7 Å². The van der Waals surface area contributed by atoms with E-state index in [2.05, 4.69) is 5.32 Å². The van der Waals surface area contributed by atoms with E-state index in [1.807, 2.05) is 22.6 Å². The van der Waals surface area contributed by atoms with Crippen LogP contribution in [0.25, 0.3) is 0 Å². The van der Waals surface area contributed by atoms with Gasteiger partial charge in [0.2, 0.25) is 23.6 Å². The summed E-state index contributed by atoms with van der Waals surface area (Å²) in [5.41, 5.74) is 5.23. The highest BCUT2D eigenvalue weighted by Crippen LogP contribution is 2.19. The lowest BCUT2D eigenvalue weighted by atomic mass is 10.0. The van der Waals surface area contributed by atoms with Gasteiger partial charge in [-0.05, 0) is 5.92 Å². The standard InChI is InChI=1S/C16H26IN3O6/c1-10(2)14(15(18)23)19-12(21)3-5-25-7-8-26-6-4-20-13(22)9-11(17)16(20)24/h10-11,14H,3-9H2,1-2H3,(H2,18,23)(H,19,21)/t11?,14-/m0/s1. The van der Waals surface area contributed by atoms with Crippen LogP contribution in [0.4, 0.5) is 0 Å². The predicted molar refractivity (Wildman–Crippen MR) is 101 cm³/mol. The first-order valence-electron chi connectivity index (χ1n) is 8.46. The molecule has 0 aromatic carbocycles. The molecule has 1 saturated heterocycles. The molecule has 3 N–H and O–H groups in total. The Balaban J connectivity index is 2.05. The Morgan fingerprint density at radius 1 is 1.23 bits per heavy atom. The zero-order valence-corrected chi connectivity index (χ0v) is 17.2. The quantitative estimate of drug-likeness (QED) is 0.168. The van der Waals surface area contributed by atoms with Crippen molar-refractivity contribution in [1.29, 1.82) is 0 Å². The smallest absolute Gasteiger partial charge is 0.242 e. The monoisotopic (exact) mass is 483 g/mol. The minimum atomic E-state index is -0.691. The molecule has 0 aliphatic carbocycles. The first kappa shape index (κ1) is 22.8. The SMILES string of the molecule is CC(C)[C@H](NC(=O)CCOCCOCCN1C(=O)CC(I)C1=O)C(N)=O. The van der Waals surface area contributed by atoms with Crippen molar-refractivity contribution in [2.45, 2.75) is 36.7 Å². The van der Waals surface area contributed by atoms with E-state index in [1.54, 1.807) is 13.8 Å². The fourth-order valence-corrected chi connectivity index (χ4v) is 3.05. The number of rotatable bonds is 12. The number of primary amides is 1. The highest BCUT2D eigenvalue weighted by Gasteiger charge is 2.36. The van der Waals surface area contributed by atoms with E-state index in [0.29, 0.717) is 6.61 Å². The Morgan fingerprint density at radius 2 is 1.85 bits per heavy atom. The number of imide groups is 1. The largest absolute Gasteiger partial charge is 0.379 e. The maximum atomic E-state index is 11.7. The predicted octanol–water partition coefficient (Wildman–Crippen LogP) is -0.402. The van der Waals surface area contributed by atoms with Crippen LogP contribution >= 0.6 is 22.6 Å². The molecule has 26 heavy (non-hydrogen) atoms. The molecule has 10 heteroatoms. The van der Waals surface area contributed by atoms with Crippen LogP contribution in [0.3, 0.4) is 0 Å². The van der Waals surface area contributed by atoms with E-state index in [0.717, 1.165) is 0 Å². The molecule has 0 aromatic heterocycles. The van der Waals surface area contributed by atoms with Gasteiger partial charge in [-0.2, -0.15) is 0 Å². The van der Waals surface area contributed by atoms with Crippen molar-refractivity contribution in [2.75, 3.05) is 33.0 Å². The molecule has 0 bridgehead atoms. The summed E-state index contributed by atoms with van der Waals surface area (Å²) in [5.74, 6) is -1.29. The Kier molecular flexibility index (Phi) is 10.0. The van der Waals surface area contributed by atoms with Gasteiger partial charge in [-0.25, -0.2) is 0 Å². The third-order valence-corrected chi connectivity index (χ3v) is 4.76. The molecule has 1 aliphatic rings. The first-order chi connectivity index (χ1) is 12.2. The third kappa shape index (κ3) is 7.54. The molecule has 9 nitrogen and oxygen atoms in total. The summed E-state index contributed by atoms with van der Waals surface area (Å²) in [6.45, 7) is 4.86. The lowest BCUT2D eigenvalue weighted by Gasteiger charge is -2.18. The Morgan fingerprint density at radius 3 is 2.35 bits per heavy atom. The van der Waals surface area contributed by atoms with Crippen molar-refractivity contribution in [3.8, 4) is 0 Å². The molecular formula is C16H26IN3O6. The molecule has 2 atom stereocenters. The molecule has 0 radical (unpaired) electrons. The Bertz CT molecular complexity index is 528. The summed E-state index contributed by atoms with van der Waals surface area (Å²) in [7, 11) is 0. The summed E-state index contributed by atoms with van der Waals surface area (Å²) in [5, 5.41) is 2.58. The molecule has 1 unspecified atom stereocenters.